The first-order chi connectivity index (χ1) is 18.9. The lowest BCUT2D eigenvalue weighted by Crippen LogP contribution is -2.38. The number of halogens is 1. The minimum Gasteiger partial charge on any atom is -0.508 e. The first kappa shape index (κ1) is 25.9. The van der Waals surface area contributed by atoms with Crippen molar-refractivity contribution in [2.24, 2.45) is 10.9 Å². The van der Waals surface area contributed by atoms with Crippen molar-refractivity contribution < 1.29 is 37.7 Å². The van der Waals surface area contributed by atoms with Crippen LogP contribution in [0.3, 0.4) is 0 Å². The molecule has 2 aliphatic heterocycles. The van der Waals surface area contributed by atoms with Gasteiger partial charge in [-0.15, -0.1) is 0 Å². The number of anilines is 2. The van der Waals surface area contributed by atoms with Gasteiger partial charge in [0.25, 0.3) is 0 Å². The zero-order chi connectivity index (χ0) is 28.6. The molecule has 6 rings (SSSR count). The van der Waals surface area contributed by atoms with Gasteiger partial charge in [-0.1, -0.05) is 18.2 Å². The Morgan fingerprint density at radius 1 is 0.900 bits per heavy atom. The van der Waals surface area contributed by atoms with Gasteiger partial charge in [-0.2, -0.15) is 0 Å². The highest BCUT2D eigenvalue weighted by molar-refractivity contribution is 14.1. The van der Waals surface area contributed by atoms with Gasteiger partial charge in [-0.05, 0) is 59.0 Å². The second-order valence-electron chi connectivity index (χ2n) is 9.07. The molecule has 40 heavy (non-hydrogen) atoms. The first-order valence-corrected chi connectivity index (χ1v) is 14.2. The molecule has 2 amide bonds. The molecular formula is C27H18IN3O8S. The summed E-state index contributed by atoms with van der Waals surface area (Å²) in [4.78, 5) is 27.2. The van der Waals surface area contributed by atoms with E-state index >= 15 is 0 Å². The van der Waals surface area contributed by atoms with Crippen molar-refractivity contribution in [2.75, 3.05) is 4.90 Å². The standard InChI is InChI=1S/C27H18IN3O8S/c28-19-12-15(40(30,36)37)6-8-20(19)31(26(29)35)21-9-14(33)11-23-24(21)27(18-7-5-13(32)10-22(18)38-23)17-4-2-1-3-16(17)25(34)39-27/h1-12,32-33H,(H2,29,35)(H2,30,36,37). The van der Waals surface area contributed by atoms with Crippen LogP contribution in [-0.4, -0.2) is 30.6 Å². The maximum Gasteiger partial charge on any atom is 0.340 e. The van der Waals surface area contributed by atoms with Crippen molar-refractivity contribution in [3.8, 4) is 23.0 Å². The molecule has 4 aromatic carbocycles. The van der Waals surface area contributed by atoms with E-state index in [1.54, 1.807) is 30.3 Å². The van der Waals surface area contributed by atoms with Gasteiger partial charge < -0.3 is 25.4 Å². The average molecular weight is 671 g/mol. The molecule has 6 N–H and O–H groups in total. The van der Waals surface area contributed by atoms with Crippen molar-refractivity contribution in [1.82, 2.24) is 0 Å². The summed E-state index contributed by atoms with van der Waals surface area (Å²) in [6, 6.07) is 16.4. The molecule has 11 nitrogen and oxygen atoms in total. The number of nitrogens with zero attached hydrogens (tertiary/aromatic N) is 1. The van der Waals surface area contributed by atoms with E-state index in [9.17, 15) is 28.2 Å². The van der Waals surface area contributed by atoms with E-state index in [0.29, 0.717) is 14.7 Å². The van der Waals surface area contributed by atoms with Gasteiger partial charge in [0.15, 0.2) is 5.60 Å². The molecule has 2 heterocycles. The van der Waals surface area contributed by atoms with Crippen molar-refractivity contribution in [3.05, 3.63) is 98.6 Å². The fourth-order valence-electron chi connectivity index (χ4n) is 5.15. The SMILES string of the molecule is NC(=O)N(c1ccc(S(N)(=O)=O)cc1I)c1cc(O)cc2c1C1(OC(=O)c3ccccc31)c1ccc(O)cc1O2. The van der Waals surface area contributed by atoms with Crippen molar-refractivity contribution in [1.29, 1.82) is 0 Å². The summed E-state index contributed by atoms with van der Waals surface area (Å²) in [5.74, 6) is -0.878. The lowest BCUT2D eigenvalue weighted by Gasteiger charge is -2.39. The molecule has 4 aromatic rings. The number of hydrogen-bond donors (Lipinski definition) is 4. The highest BCUT2D eigenvalue weighted by Crippen LogP contribution is 2.60. The number of primary sulfonamides is 1. The molecule has 0 aliphatic carbocycles. The topological polar surface area (TPSA) is 182 Å². The van der Waals surface area contributed by atoms with Gasteiger partial charge >= 0.3 is 12.0 Å². The lowest BCUT2D eigenvalue weighted by atomic mass is 9.76. The van der Waals surface area contributed by atoms with Crippen LogP contribution in [0.25, 0.3) is 0 Å². The van der Waals surface area contributed by atoms with Crippen molar-refractivity contribution in [2.45, 2.75) is 10.5 Å². The van der Waals surface area contributed by atoms with Crippen LogP contribution < -0.4 is 20.5 Å². The van der Waals surface area contributed by atoms with Crippen LogP contribution in [0.15, 0.2) is 77.7 Å². The molecule has 13 heteroatoms. The summed E-state index contributed by atoms with van der Waals surface area (Å²) < 4.78 is 36.4. The summed E-state index contributed by atoms with van der Waals surface area (Å²) in [5, 5.41) is 26.2. The molecule has 0 saturated carbocycles. The van der Waals surface area contributed by atoms with Gasteiger partial charge in [0.2, 0.25) is 10.0 Å². The molecule has 0 bridgehead atoms. The summed E-state index contributed by atoms with van der Waals surface area (Å²) in [5.41, 5.74) is 5.61. The van der Waals surface area contributed by atoms with Gasteiger partial charge in [0, 0.05) is 32.9 Å². The Balaban J connectivity index is 1.70. The second-order valence-corrected chi connectivity index (χ2v) is 11.8. The fraction of sp³-hybridized carbons (Fsp3) is 0.0370. The van der Waals surface area contributed by atoms with Crippen LogP contribution in [0.4, 0.5) is 16.2 Å². The zero-order valence-electron chi connectivity index (χ0n) is 20.2. The zero-order valence-corrected chi connectivity index (χ0v) is 23.1. The third kappa shape index (κ3) is 3.76. The fourth-order valence-corrected chi connectivity index (χ4v) is 6.66. The number of phenols is 2. The van der Waals surface area contributed by atoms with E-state index < -0.39 is 27.6 Å². The Morgan fingerprint density at radius 3 is 2.33 bits per heavy atom. The number of urea groups is 1. The number of phenolic OH excluding ortho intramolecular Hbond substituents is 2. The van der Waals surface area contributed by atoms with Crippen LogP contribution in [0, 0.1) is 3.57 Å². The Morgan fingerprint density at radius 2 is 1.62 bits per heavy atom. The monoisotopic (exact) mass is 671 g/mol. The van der Waals surface area contributed by atoms with E-state index in [0.717, 1.165) is 4.90 Å². The number of nitrogens with two attached hydrogens (primary N) is 2. The van der Waals surface area contributed by atoms with Crippen molar-refractivity contribution in [3.63, 3.8) is 0 Å². The van der Waals surface area contributed by atoms with Crippen LogP contribution in [0.2, 0.25) is 0 Å². The smallest absolute Gasteiger partial charge is 0.340 e. The molecule has 0 fully saturated rings. The summed E-state index contributed by atoms with van der Waals surface area (Å²) in [6.07, 6.45) is 0. The highest BCUT2D eigenvalue weighted by Gasteiger charge is 2.55. The number of esters is 1. The molecule has 202 valence electrons. The molecular weight excluding hydrogens is 653 g/mol. The summed E-state index contributed by atoms with van der Waals surface area (Å²) in [7, 11) is -4.05. The third-order valence-electron chi connectivity index (χ3n) is 6.70. The number of carbonyl (C=O) groups is 2. The van der Waals surface area contributed by atoms with Crippen LogP contribution in [-0.2, 0) is 20.4 Å². The normalized spacial score (nSPS) is 16.9. The van der Waals surface area contributed by atoms with Crippen LogP contribution in [0.5, 0.6) is 23.0 Å². The largest absolute Gasteiger partial charge is 0.508 e. The van der Waals surface area contributed by atoms with Gasteiger partial charge in [-0.3, -0.25) is 4.90 Å². The van der Waals surface area contributed by atoms with E-state index in [1.807, 2.05) is 22.6 Å². The van der Waals surface area contributed by atoms with Gasteiger partial charge in [0.1, 0.15) is 23.0 Å². The number of benzene rings is 4. The number of aromatic hydroxyl groups is 2. The minimum atomic E-state index is -4.05. The first-order valence-electron chi connectivity index (χ1n) is 11.6. The van der Waals surface area contributed by atoms with Crippen LogP contribution >= 0.6 is 22.6 Å². The van der Waals surface area contributed by atoms with Gasteiger partial charge in [-0.25, -0.2) is 23.1 Å². The molecule has 2 aliphatic rings. The van der Waals surface area contributed by atoms with E-state index in [-0.39, 0.29) is 50.4 Å². The molecule has 1 spiro atoms. The van der Waals surface area contributed by atoms with Crippen molar-refractivity contribution >= 4 is 56.0 Å². The van der Waals surface area contributed by atoms with E-state index in [4.69, 9.17) is 20.3 Å². The number of sulfonamides is 1. The van der Waals surface area contributed by atoms with E-state index in [1.165, 1.54) is 42.5 Å². The number of amides is 2. The summed E-state index contributed by atoms with van der Waals surface area (Å²) in [6.45, 7) is 0. The lowest BCUT2D eigenvalue weighted by molar-refractivity contribution is 0.0226. The number of carbonyl (C=O) groups excluding carboxylic acids is 2. The van der Waals surface area contributed by atoms with Gasteiger partial charge in [0.05, 0.1) is 27.4 Å². The maximum atomic E-state index is 13.2. The number of ether oxygens (including phenoxy) is 2. The highest BCUT2D eigenvalue weighted by atomic mass is 127. The van der Waals surface area contributed by atoms with E-state index in [2.05, 4.69) is 0 Å². The third-order valence-corrected chi connectivity index (χ3v) is 8.48. The molecule has 1 unspecified atom stereocenters. The molecule has 0 aromatic heterocycles. The maximum absolute atomic E-state index is 13.2. The Kier molecular flexibility index (Phi) is 5.72. The Bertz CT molecular complexity index is 1900. The molecule has 0 radical (unpaired) electrons. The quantitative estimate of drug-likeness (QED) is 0.185. The molecule has 1 atom stereocenters. The number of fused-ring (bicyclic) bond motifs is 6. The number of primary amides is 1. The second kappa shape index (κ2) is 8.84. The Hall–Kier alpha value is -4.34. The minimum absolute atomic E-state index is 0.00648. The van der Waals surface area contributed by atoms with Crippen LogP contribution in [0.1, 0.15) is 27.0 Å². The number of rotatable bonds is 3. The predicted octanol–water partition coefficient (Wildman–Crippen LogP) is 4.13. The predicted molar refractivity (Wildman–Crippen MR) is 150 cm³/mol. The summed E-state index contributed by atoms with van der Waals surface area (Å²) >= 11 is 1.84. The molecule has 0 saturated heterocycles. The average Bonchev–Trinajstić information content (AvgIpc) is 3.16. The Labute approximate surface area is 240 Å². The number of hydrogen-bond acceptors (Lipinski definition) is 8.